The lowest BCUT2D eigenvalue weighted by molar-refractivity contribution is -0.192. The SMILES string of the molecule is CN1Cc2nnc(C(=O)NC3CCCCC3)n2CC12CCN(Cc1nccs1)C2.O=C(O)C(F)(F)F. The zero-order valence-electron chi connectivity index (χ0n) is 20.0. The number of halogens is 3. The average Bonchev–Trinajstić information content (AvgIpc) is 3.57. The lowest BCUT2D eigenvalue weighted by Gasteiger charge is -2.42. The Balaban J connectivity index is 0.000000384. The molecule has 198 valence electrons. The van der Waals surface area contributed by atoms with Crippen LogP contribution in [0.5, 0.6) is 0 Å². The van der Waals surface area contributed by atoms with Crippen molar-refractivity contribution in [2.75, 3.05) is 20.1 Å². The smallest absolute Gasteiger partial charge is 0.475 e. The predicted octanol–water partition coefficient (Wildman–Crippen LogP) is 2.52. The Morgan fingerprint density at radius 3 is 2.58 bits per heavy atom. The fourth-order valence-electron chi connectivity index (χ4n) is 5.12. The molecule has 14 heteroatoms. The first-order chi connectivity index (χ1) is 17.1. The van der Waals surface area contributed by atoms with Crippen LogP contribution in [0.3, 0.4) is 0 Å². The van der Waals surface area contributed by atoms with E-state index in [1.807, 2.05) is 11.6 Å². The van der Waals surface area contributed by atoms with Crippen LogP contribution in [0.4, 0.5) is 13.2 Å². The molecule has 0 aromatic carbocycles. The van der Waals surface area contributed by atoms with Crippen molar-refractivity contribution in [2.24, 2.45) is 0 Å². The predicted molar refractivity (Wildman–Crippen MR) is 124 cm³/mol. The Labute approximate surface area is 210 Å². The summed E-state index contributed by atoms with van der Waals surface area (Å²) >= 11 is 1.71. The summed E-state index contributed by atoms with van der Waals surface area (Å²) in [5, 5.41) is 22.2. The van der Waals surface area contributed by atoms with E-state index in [-0.39, 0.29) is 17.5 Å². The second-order valence-corrected chi connectivity index (χ2v) is 10.6. The maximum atomic E-state index is 12.9. The molecule has 1 amide bonds. The summed E-state index contributed by atoms with van der Waals surface area (Å²) in [6, 6.07) is 0.282. The van der Waals surface area contributed by atoms with Crippen molar-refractivity contribution >= 4 is 23.2 Å². The minimum Gasteiger partial charge on any atom is -0.475 e. The van der Waals surface area contributed by atoms with Gasteiger partial charge in [0.25, 0.3) is 5.91 Å². The standard InChI is InChI=1S/C20H29N7OS.C2HF3O2/c1-25-11-16-23-24-18(19(28)22-15-5-3-2-4-6-15)27(16)14-20(25)7-9-26(13-20)12-17-21-8-10-29-17;3-2(4,5)1(6)7/h8,10,15H,2-7,9,11-14H2,1H3,(H,22,28);(H,6,7). The Morgan fingerprint density at radius 1 is 1.22 bits per heavy atom. The van der Waals surface area contributed by atoms with E-state index in [2.05, 4.69) is 41.9 Å². The summed E-state index contributed by atoms with van der Waals surface area (Å²) in [5.41, 5.74) is 0.0203. The van der Waals surface area contributed by atoms with E-state index in [4.69, 9.17) is 9.90 Å². The highest BCUT2D eigenvalue weighted by atomic mass is 32.1. The van der Waals surface area contributed by atoms with Crippen molar-refractivity contribution in [2.45, 2.75) is 75.9 Å². The number of fused-ring (bicyclic) bond motifs is 1. The minimum atomic E-state index is -5.08. The molecule has 1 spiro atoms. The maximum Gasteiger partial charge on any atom is 0.490 e. The van der Waals surface area contributed by atoms with Crippen LogP contribution >= 0.6 is 11.3 Å². The first kappa shape index (κ1) is 26.5. The molecule has 1 unspecified atom stereocenters. The van der Waals surface area contributed by atoms with E-state index in [0.717, 1.165) is 62.8 Å². The number of alkyl halides is 3. The second kappa shape index (κ2) is 10.8. The molecular formula is C22H30F3N7O3S. The monoisotopic (exact) mass is 529 g/mol. The molecule has 1 aliphatic carbocycles. The number of carbonyl (C=O) groups excluding carboxylic acids is 1. The molecule has 36 heavy (non-hydrogen) atoms. The second-order valence-electron chi connectivity index (χ2n) is 9.60. The van der Waals surface area contributed by atoms with Gasteiger partial charge in [-0.25, -0.2) is 9.78 Å². The number of aliphatic carboxylic acids is 1. The zero-order valence-corrected chi connectivity index (χ0v) is 20.8. The maximum absolute atomic E-state index is 12.9. The van der Waals surface area contributed by atoms with Crippen molar-refractivity contribution in [1.29, 1.82) is 0 Å². The van der Waals surface area contributed by atoms with Gasteiger partial charge in [0, 0.05) is 37.3 Å². The molecule has 2 fully saturated rings. The van der Waals surface area contributed by atoms with Crippen LogP contribution in [-0.2, 0) is 24.4 Å². The van der Waals surface area contributed by atoms with Gasteiger partial charge in [0.2, 0.25) is 5.82 Å². The topological polar surface area (TPSA) is 116 Å². The number of thiazole rings is 1. The summed E-state index contributed by atoms with van der Waals surface area (Å²) < 4.78 is 33.8. The quantitative estimate of drug-likeness (QED) is 0.621. The normalized spacial score (nSPS) is 23.2. The van der Waals surface area contributed by atoms with Crippen LogP contribution in [0.15, 0.2) is 11.6 Å². The van der Waals surface area contributed by atoms with Crippen LogP contribution in [0, 0.1) is 0 Å². The van der Waals surface area contributed by atoms with Crippen LogP contribution in [0.1, 0.15) is 60.0 Å². The van der Waals surface area contributed by atoms with Crippen molar-refractivity contribution in [3.63, 3.8) is 0 Å². The third kappa shape index (κ3) is 6.03. The first-order valence-electron chi connectivity index (χ1n) is 11.9. The van der Waals surface area contributed by atoms with Gasteiger partial charge in [-0.1, -0.05) is 19.3 Å². The van der Waals surface area contributed by atoms with Gasteiger partial charge < -0.3 is 15.0 Å². The fraction of sp³-hybridized carbons (Fsp3) is 0.682. The summed E-state index contributed by atoms with van der Waals surface area (Å²) in [6.07, 6.45) is 3.70. The third-order valence-electron chi connectivity index (χ3n) is 7.11. The van der Waals surface area contributed by atoms with Gasteiger partial charge >= 0.3 is 12.1 Å². The molecule has 1 saturated carbocycles. The highest BCUT2D eigenvalue weighted by Gasteiger charge is 2.46. The molecule has 4 heterocycles. The summed E-state index contributed by atoms with van der Waals surface area (Å²) in [6.45, 7) is 4.43. The summed E-state index contributed by atoms with van der Waals surface area (Å²) in [4.78, 5) is 31.2. The Hall–Kier alpha value is -2.58. The van der Waals surface area contributed by atoms with E-state index in [9.17, 15) is 18.0 Å². The lowest BCUT2D eigenvalue weighted by atomic mass is 9.94. The average molecular weight is 530 g/mol. The highest BCUT2D eigenvalue weighted by molar-refractivity contribution is 7.09. The van der Waals surface area contributed by atoms with E-state index < -0.39 is 12.1 Å². The summed E-state index contributed by atoms with van der Waals surface area (Å²) in [7, 11) is 2.17. The molecule has 1 saturated heterocycles. The number of carboxylic acids is 1. The minimum absolute atomic E-state index is 0.0203. The van der Waals surface area contributed by atoms with Gasteiger partial charge in [-0.3, -0.25) is 14.6 Å². The molecule has 0 bridgehead atoms. The fourth-order valence-corrected chi connectivity index (χ4v) is 5.77. The number of nitrogens with zero attached hydrogens (tertiary/aromatic N) is 6. The number of aromatic nitrogens is 4. The van der Waals surface area contributed by atoms with E-state index in [1.165, 1.54) is 19.3 Å². The number of likely N-dealkylation sites (N-methyl/N-ethyl adjacent to an activating group) is 1. The first-order valence-corrected chi connectivity index (χ1v) is 12.8. The van der Waals surface area contributed by atoms with Crippen LogP contribution in [0.2, 0.25) is 0 Å². The number of likely N-dealkylation sites (tertiary alicyclic amines) is 1. The van der Waals surface area contributed by atoms with Crippen molar-refractivity contribution in [3.8, 4) is 0 Å². The molecule has 10 nitrogen and oxygen atoms in total. The number of hydrogen-bond donors (Lipinski definition) is 2. The van der Waals surface area contributed by atoms with Gasteiger partial charge in [-0.15, -0.1) is 21.5 Å². The molecule has 0 radical (unpaired) electrons. The van der Waals surface area contributed by atoms with Crippen molar-refractivity contribution < 1.29 is 27.9 Å². The van der Waals surface area contributed by atoms with Crippen molar-refractivity contribution in [1.82, 2.24) is 34.9 Å². The molecular weight excluding hydrogens is 499 g/mol. The molecule has 2 N–H and O–H groups in total. The summed E-state index contributed by atoms with van der Waals surface area (Å²) in [5.74, 6) is -1.44. The number of rotatable bonds is 4. The van der Waals surface area contributed by atoms with E-state index >= 15 is 0 Å². The van der Waals surface area contributed by atoms with Gasteiger partial charge in [0.05, 0.1) is 18.6 Å². The van der Waals surface area contributed by atoms with Crippen LogP contribution in [0.25, 0.3) is 0 Å². The molecule has 5 rings (SSSR count). The van der Waals surface area contributed by atoms with E-state index in [1.54, 1.807) is 11.3 Å². The van der Waals surface area contributed by atoms with Gasteiger partial charge in [-0.05, 0) is 26.3 Å². The largest absolute Gasteiger partial charge is 0.490 e. The van der Waals surface area contributed by atoms with Gasteiger partial charge in [0.1, 0.15) is 10.8 Å². The third-order valence-corrected chi connectivity index (χ3v) is 7.87. The van der Waals surface area contributed by atoms with Gasteiger partial charge in [0.15, 0.2) is 0 Å². The lowest BCUT2D eigenvalue weighted by Crippen LogP contribution is -2.55. The molecule has 2 aromatic rings. The molecule has 3 aliphatic rings. The van der Waals surface area contributed by atoms with Crippen LogP contribution in [-0.4, -0.2) is 84.4 Å². The zero-order chi connectivity index (χ0) is 25.9. The number of amides is 1. The van der Waals surface area contributed by atoms with E-state index in [0.29, 0.717) is 5.82 Å². The van der Waals surface area contributed by atoms with Crippen LogP contribution < -0.4 is 5.32 Å². The Kier molecular flexibility index (Phi) is 7.95. The number of carbonyl (C=O) groups is 2. The molecule has 1 atom stereocenters. The number of hydrogen-bond acceptors (Lipinski definition) is 8. The van der Waals surface area contributed by atoms with Crippen molar-refractivity contribution in [3.05, 3.63) is 28.2 Å². The van der Waals surface area contributed by atoms with Gasteiger partial charge in [-0.2, -0.15) is 13.2 Å². The molecule has 2 aromatic heterocycles. The molecule has 2 aliphatic heterocycles. The Morgan fingerprint density at radius 2 is 1.94 bits per heavy atom. The number of carboxylic acid groups (broad SMARTS) is 1. The Bertz CT molecular complexity index is 1060. The highest BCUT2D eigenvalue weighted by Crippen LogP contribution is 2.35. The number of nitrogens with one attached hydrogen (secondary N) is 1.